The maximum atomic E-state index is 12.2. The van der Waals surface area contributed by atoms with Gasteiger partial charge in [-0.1, -0.05) is 0 Å². The number of benzene rings is 1. The Morgan fingerprint density at radius 2 is 1.89 bits per heavy atom. The lowest BCUT2D eigenvalue weighted by molar-refractivity contribution is -0.136. The monoisotopic (exact) mass is 262 g/mol. The van der Waals surface area contributed by atoms with Crippen LogP contribution in [-0.4, -0.2) is 31.9 Å². The SMILES string of the molecule is COc1cc(CC(=O)O)cc(OC(F)F)c1OC. The maximum absolute atomic E-state index is 12.2. The van der Waals surface area contributed by atoms with E-state index in [1.54, 1.807) is 0 Å². The molecule has 1 aromatic rings. The summed E-state index contributed by atoms with van der Waals surface area (Å²) in [7, 11) is 2.58. The molecule has 0 aliphatic heterocycles. The number of alkyl halides is 2. The Kier molecular flexibility index (Phi) is 4.70. The van der Waals surface area contributed by atoms with Crippen LogP contribution in [0.25, 0.3) is 0 Å². The predicted octanol–water partition coefficient (Wildman–Crippen LogP) is 1.93. The van der Waals surface area contributed by atoms with E-state index >= 15 is 0 Å². The van der Waals surface area contributed by atoms with Crippen LogP contribution in [0.5, 0.6) is 17.2 Å². The van der Waals surface area contributed by atoms with Crippen molar-refractivity contribution in [3.63, 3.8) is 0 Å². The first kappa shape index (κ1) is 14.0. The van der Waals surface area contributed by atoms with Crippen molar-refractivity contribution in [3.05, 3.63) is 17.7 Å². The van der Waals surface area contributed by atoms with Gasteiger partial charge in [-0.05, 0) is 17.7 Å². The number of halogens is 2. The van der Waals surface area contributed by atoms with Crippen LogP contribution in [0.1, 0.15) is 5.56 Å². The Bertz CT molecular complexity index is 434. The lowest BCUT2D eigenvalue weighted by Crippen LogP contribution is -2.07. The Hall–Kier alpha value is -2.05. The van der Waals surface area contributed by atoms with Gasteiger partial charge in [-0.2, -0.15) is 8.78 Å². The van der Waals surface area contributed by atoms with Crippen molar-refractivity contribution in [1.29, 1.82) is 0 Å². The van der Waals surface area contributed by atoms with Gasteiger partial charge < -0.3 is 19.3 Å². The molecule has 0 aliphatic carbocycles. The highest BCUT2D eigenvalue weighted by Crippen LogP contribution is 2.39. The zero-order valence-electron chi connectivity index (χ0n) is 9.78. The van der Waals surface area contributed by atoms with Crippen LogP contribution in [0.2, 0.25) is 0 Å². The van der Waals surface area contributed by atoms with Gasteiger partial charge in [0.1, 0.15) is 0 Å². The molecule has 1 N–H and O–H groups in total. The second-order valence-electron chi connectivity index (χ2n) is 3.28. The molecule has 100 valence electrons. The first-order chi connectivity index (χ1) is 8.47. The summed E-state index contributed by atoms with van der Waals surface area (Å²) in [5.74, 6) is -1.23. The van der Waals surface area contributed by atoms with Gasteiger partial charge in [-0.25, -0.2) is 0 Å². The molecule has 1 rings (SSSR count). The summed E-state index contributed by atoms with van der Waals surface area (Å²) in [6, 6.07) is 2.58. The molecule has 0 saturated carbocycles. The summed E-state index contributed by atoms with van der Waals surface area (Å²) in [5.41, 5.74) is 0.274. The number of carboxylic acid groups (broad SMARTS) is 1. The van der Waals surface area contributed by atoms with Gasteiger partial charge in [0, 0.05) is 0 Å². The summed E-state index contributed by atoms with van der Waals surface area (Å²) >= 11 is 0. The fourth-order valence-electron chi connectivity index (χ4n) is 1.44. The Morgan fingerprint density at radius 1 is 1.28 bits per heavy atom. The molecule has 0 amide bonds. The number of hydrogen-bond donors (Lipinski definition) is 1. The Balaban J connectivity index is 3.21. The van der Waals surface area contributed by atoms with Gasteiger partial charge in [0.05, 0.1) is 20.6 Å². The summed E-state index contributed by atoms with van der Waals surface area (Å²) in [6.45, 7) is -3.04. The van der Waals surface area contributed by atoms with Gasteiger partial charge in [0.25, 0.3) is 0 Å². The molecule has 7 heteroatoms. The third-order valence-corrected chi connectivity index (χ3v) is 2.08. The lowest BCUT2D eigenvalue weighted by Gasteiger charge is -2.14. The topological polar surface area (TPSA) is 65.0 Å². The molecule has 0 bridgehead atoms. The van der Waals surface area contributed by atoms with Crippen LogP contribution in [0.3, 0.4) is 0 Å². The number of carbonyl (C=O) groups is 1. The van der Waals surface area contributed by atoms with E-state index in [9.17, 15) is 13.6 Å². The fourth-order valence-corrected chi connectivity index (χ4v) is 1.44. The lowest BCUT2D eigenvalue weighted by atomic mass is 10.1. The molecule has 0 radical (unpaired) electrons. The van der Waals surface area contributed by atoms with E-state index in [-0.39, 0.29) is 29.2 Å². The highest BCUT2D eigenvalue weighted by molar-refractivity contribution is 5.71. The van der Waals surface area contributed by atoms with E-state index in [0.29, 0.717) is 0 Å². The molecule has 0 spiro atoms. The van der Waals surface area contributed by atoms with E-state index < -0.39 is 12.6 Å². The Labute approximate surface area is 102 Å². The van der Waals surface area contributed by atoms with Gasteiger partial charge in [-0.15, -0.1) is 0 Å². The normalized spacial score (nSPS) is 10.3. The van der Waals surface area contributed by atoms with Crippen molar-refractivity contribution in [3.8, 4) is 17.2 Å². The van der Waals surface area contributed by atoms with E-state index in [2.05, 4.69) is 4.74 Å². The molecule has 5 nitrogen and oxygen atoms in total. The number of hydrogen-bond acceptors (Lipinski definition) is 4. The minimum absolute atomic E-state index is 0.00746. The quantitative estimate of drug-likeness (QED) is 0.848. The van der Waals surface area contributed by atoms with Crippen molar-refractivity contribution in [1.82, 2.24) is 0 Å². The number of aliphatic carboxylic acids is 1. The van der Waals surface area contributed by atoms with Crippen LogP contribution < -0.4 is 14.2 Å². The summed E-state index contributed by atoms with van der Waals surface area (Å²) < 4.78 is 38.6. The first-order valence-electron chi connectivity index (χ1n) is 4.89. The highest BCUT2D eigenvalue weighted by atomic mass is 19.3. The molecule has 1 aromatic carbocycles. The third kappa shape index (κ3) is 3.47. The van der Waals surface area contributed by atoms with Crippen molar-refractivity contribution >= 4 is 5.97 Å². The standard InChI is InChI=1S/C11H12F2O5/c1-16-7-3-6(5-9(14)15)4-8(10(7)17-2)18-11(12)13/h3-4,11H,5H2,1-2H3,(H,14,15). The molecule has 0 unspecified atom stereocenters. The molecule has 0 aromatic heterocycles. The molecule has 0 saturated heterocycles. The van der Waals surface area contributed by atoms with Crippen molar-refractivity contribution in [2.75, 3.05) is 14.2 Å². The van der Waals surface area contributed by atoms with Crippen molar-refractivity contribution in [2.45, 2.75) is 13.0 Å². The second-order valence-corrected chi connectivity index (χ2v) is 3.28. The van der Waals surface area contributed by atoms with Gasteiger partial charge in [0.15, 0.2) is 11.5 Å². The third-order valence-electron chi connectivity index (χ3n) is 2.08. The molecular weight excluding hydrogens is 250 g/mol. The van der Waals surface area contributed by atoms with E-state index in [0.717, 1.165) is 0 Å². The van der Waals surface area contributed by atoms with Crippen LogP contribution in [0.15, 0.2) is 12.1 Å². The molecule has 18 heavy (non-hydrogen) atoms. The van der Waals surface area contributed by atoms with Crippen molar-refractivity contribution < 1.29 is 32.9 Å². The zero-order valence-corrected chi connectivity index (χ0v) is 9.78. The molecule has 0 fully saturated rings. The van der Waals surface area contributed by atoms with Crippen molar-refractivity contribution in [2.24, 2.45) is 0 Å². The molecular formula is C11H12F2O5. The number of rotatable bonds is 6. The summed E-state index contributed by atoms with van der Waals surface area (Å²) in [4.78, 5) is 10.6. The van der Waals surface area contributed by atoms with Crippen LogP contribution >= 0.6 is 0 Å². The molecule has 0 aliphatic rings. The van der Waals surface area contributed by atoms with E-state index in [4.69, 9.17) is 14.6 Å². The maximum Gasteiger partial charge on any atom is 0.387 e. The smallest absolute Gasteiger partial charge is 0.387 e. The highest BCUT2D eigenvalue weighted by Gasteiger charge is 2.18. The summed E-state index contributed by atoms with van der Waals surface area (Å²) in [6.07, 6.45) is -0.333. The molecule has 0 atom stereocenters. The van der Waals surface area contributed by atoms with Crippen LogP contribution in [0.4, 0.5) is 8.78 Å². The largest absolute Gasteiger partial charge is 0.493 e. The number of methoxy groups -OCH3 is 2. The number of ether oxygens (including phenoxy) is 3. The minimum atomic E-state index is -3.04. The predicted molar refractivity (Wildman–Crippen MR) is 57.5 cm³/mol. The van der Waals surface area contributed by atoms with Crippen LogP contribution in [0, 0.1) is 0 Å². The first-order valence-corrected chi connectivity index (χ1v) is 4.89. The zero-order chi connectivity index (χ0) is 13.7. The fraction of sp³-hybridized carbons (Fsp3) is 0.364. The van der Waals surface area contributed by atoms with E-state index in [1.807, 2.05) is 0 Å². The van der Waals surface area contributed by atoms with Gasteiger partial charge in [-0.3, -0.25) is 4.79 Å². The average Bonchev–Trinajstić information content (AvgIpc) is 2.26. The molecule has 0 heterocycles. The summed E-state index contributed by atoms with van der Waals surface area (Å²) in [5, 5.41) is 8.67. The Morgan fingerprint density at radius 3 is 2.33 bits per heavy atom. The van der Waals surface area contributed by atoms with Crippen LogP contribution in [-0.2, 0) is 11.2 Å². The second kappa shape index (κ2) is 6.04. The minimum Gasteiger partial charge on any atom is -0.493 e. The average molecular weight is 262 g/mol. The van der Waals surface area contributed by atoms with E-state index in [1.165, 1.54) is 26.4 Å². The van der Waals surface area contributed by atoms with Gasteiger partial charge in [0.2, 0.25) is 5.75 Å². The number of carboxylic acids is 1. The van der Waals surface area contributed by atoms with Gasteiger partial charge >= 0.3 is 12.6 Å².